The highest BCUT2D eigenvalue weighted by Gasteiger charge is 2.44. The number of carbonyl (C=O) groups is 1. The van der Waals surface area contributed by atoms with Gasteiger partial charge < -0.3 is 11.1 Å². The van der Waals surface area contributed by atoms with Gasteiger partial charge in [0.25, 0.3) is 0 Å². The molecule has 0 saturated heterocycles. The molecular formula is C23H22N6O. The number of fused-ring (bicyclic) bond motifs is 1. The van der Waals surface area contributed by atoms with Gasteiger partial charge in [0.2, 0.25) is 5.91 Å². The van der Waals surface area contributed by atoms with Crippen LogP contribution in [-0.4, -0.2) is 25.7 Å². The number of amides is 1. The molecule has 3 aromatic heterocycles. The number of nitrogens with two attached hydrogens (primary N) is 1. The molecule has 1 aliphatic carbocycles. The lowest BCUT2D eigenvalue weighted by molar-refractivity contribution is -0.117. The Kier molecular flexibility index (Phi) is 4.24. The molecule has 1 fully saturated rings. The number of anilines is 2. The number of nitrogens with one attached hydrogen (secondary N) is 1. The van der Waals surface area contributed by atoms with Crippen LogP contribution in [0.3, 0.4) is 0 Å². The van der Waals surface area contributed by atoms with E-state index in [1.54, 1.807) is 10.9 Å². The molecular weight excluding hydrogens is 376 g/mol. The summed E-state index contributed by atoms with van der Waals surface area (Å²) in [5, 5.41) is 8.81. The molecule has 1 aliphatic rings. The molecule has 30 heavy (non-hydrogen) atoms. The highest BCUT2D eigenvalue weighted by atomic mass is 16.2. The van der Waals surface area contributed by atoms with E-state index in [1.807, 2.05) is 62.8 Å². The van der Waals surface area contributed by atoms with E-state index < -0.39 is 0 Å². The number of benzene rings is 1. The lowest BCUT2D eigenvalue weighted by Crippen LogP contribution is -2.15. The Hall–Kier alpha value is -3.74. The summed E-state index contributed by atoms with van der Waals surface area (Å²) in [6, 6.07) is 11.9. The van der Waals surface area contributed by atoms with E-state index in [1.165, 1.54) is 0 Å². The van der Waals surface area contributed by atoms with Gasteiger partial charge in [-0.1, -0.05) is 24.3 Å². The molecule has 5 rings (SSSR count). The summed E-state index contributed by atoms with van der Waals surface area (Å²) in [6.45, 7) is 2.05. The minimum Gasteiger partial charge on any atom is -0.383 e. The van der Waals surface area contributed by atoms with Gasteiger partial charge >= 0.3 is 0 Å². The summed E-state index contributed by atoms with van der Waals surface area (Å²) >= 11 is 0. The first kappa shape index (κ1) is 18.3. The predicted molar refractivity (Wildman–Crippen MR) is 117 cm³/mol. The van der Waals surface area contributed by atoms with E-state index in [4.69, 9.17) is 5.73 Å². The predicted octanol–water partition coefficient (Wildman–Crippen LogP) is 3.66. The zero-order valence-electron chi connectivity index (χ0n) is 16.8. The number of carbonyl (C=O) groups excluding carboxylic acids is 1. The van der Waals surface area contributed by atoms with E-state index in [2.05, 4.69) is 20.4 Å². The summed E-state index contributed by atoms with van der Waals surface area (Å²) < 4.78 is 1.76. The second-order valence-corrected chi connectivity index (χ2v) is 7.88. The van der Waals surface area contributed by atoms with Crippen LogP contribution in [0.15, 0.2) is 55.0 Å². The second-order valence-electron chi connectivity index (χ2n) is 7.88. The van der Waals surface area contributed by atoms with Gasteiger partial charge in [0, 0.05) is 36.3 Å². The van der Waals surface area contributed by atoms with Crippen molar-refractivity contribution >= 4 is 28.3 Å². The van der Waals surface area contributed by atoms with Crippen LogP contribution in [0, 0.1) is 12.8 Å². The molecule has 4 aromatic rings. The first-order chi connectivity index (χ1) is 14.5. The molecule has 7 heteroatoms. The van der Waals surface area contributed by atoms with Crippen LogP contribution in [-0.2, 0) is 11.8 Å². The molecule has 3 N–H and O–H groups in total. The number of hydrogen-bond donors (Lipinski definition) is 2. The third-order valence-corrected chi connectivity index (χ3v) is 5.70. The average molecular weight is 398 g/mol. The third kappa shape index (κ3) is 3.28. The highest BCUT2D eigenvalue weighted by molar-refractivity contribution is 5.98. The standard InChI is InChI=1S/C23H22N6O/c1-13-5-3-4-6-16(13)20-7-14-8-21(25-11-19(14)22(24)27-20)28-23(30)18-9-17(18)15-10-26-29(2)12-15/h3-8,10-12,17-18H,9H2,1-2H3,(H2,24,27)(H,25,28,30). The Bertz CT molecular complexity index is 1280. The summed E-state index contributed by atoms with van der Waals surface area (Å²) in [5.41, 5.74) is 10.3. The Morgan fingerprint density at radius 3 is 2.83 bits per heavy atom. The van der Waals surface area contributed by atoms with Crippen molar-refractivity contribution in [2.45, 2.75) is 19.3 Å². The Morgan fingerprint density at radius 1 is 1.23 bits per heavy atom. The van der Waals surface area contributed by atoms with Crippen molar-refractivity contribution in [3.63, 3.8) is 0 Å². The summed E-state index contributed by atoms with van der Waals surface area (Å²) in [5.74, 6) is 1.11. The van der Waals surface area contributed by atoms with E-state index >= 15 is 0 Å². The van der Waals surface area contributed by atoms with Crippen LogP contribution in [0.2, 0.25) is 0 Å². The van der Waals surface area contributed by atoms with Crippen molar-refractivity contribution in [3.05, 3.63) is 66.1 Å². The summed E-state index contributed by atoms with van der Waals surface area (Å²) in [4.78, 5) is 21.6. The third-order valence-electron chi connectivity index (χ3n) is 5.70. The second kappa shape index (κ2) is 6.95. The molecule has 0 spiro atoms. The number of nitrogen functional groups attached to an aromatic ring is 1. The molecule has 1 amide bonds. The van der Waals surface area contributed by atoms with E-state index in [0.717, 1.165) is 39.6 Å². The van der Waals surface area contributed by atoms with Gasteiger partial charge in [0.15, 0.2) is 0 Å². The Labute approximate surface area is 174 Å². The monoisotopic (exact) mass is 398 g/mol. The Morgan fingerprint density at radius 2 is 2.07 bits per heavy atom. The fourth-order valence-corrected chi connectivity index (χ4v) is 3.94. The summed E-state index contributed by atoms with van der Waals surface area (Å²) in [6.07, 6.45) is 6.30. The largest absolute Gasteiger partial charge is 0.383 e. The smallest absolute Gasteiger partial charge is 0.229 e. The van der Waals surface area contributed by atoms with Crippen LogP contribution in [0.5, 0.6) is 0 Å². The number of nitrogens with zero attached hydrogens (tertiary/aromatic N) is 4. The maximum Gasteiger partial charge on any atom is 0.229 e. The SMILES string of the molecule is Cc1ccccc1-c1cc2cc(NC(=O)C3CC3c3cnn(C)c3)ncc2c(N)n1. The molecule has 2 unspecified atom stereocenters. The fourth-order valence-electron chi connectivity index (χ4n) is 3.94. The first-order valence-electron chi connectivity index (χ1n) is 9.91. The highest BCUT2D eigenvalue weighted by Crippen LogP contribution is 2.47. The van der Waals surface area contributed by atoms with Crippen molar-refractivity contribution in [2.75, 3.05) is 11.1 Å². The minimum absolute atomic E-state index is 0.0168. The van der Waals surface area contributed by atoms with Gasteiger partial charge in [-0.05, 0) is 47.9 Å². The van der Waals surface area contributed by atoms with E-state index in [9.17, 15) is 4.79 Å². The number of pyridine rings is 2. The average Bonchev–Trinajstić information content (AvgIpc) is 3.42. The van der Waals surface area contributed by atoms with E-state index in [0.29, 0.717) is 11.6 Å². The van der Waals surface area contributed by atoms with Gasteiger partial charge in [0.05, 0.1) is 11.9 Å². The van der Waals surface area contributed by atoms with Gasteiger partial charge in [0.1, 0.15) is 11.6 Å². The lowest BCUT2D eigenvalue weighted by atomic mass is 10.0. The van der Waals surface area contributed by atoms with Gasteiger partial charge in [-0.25, -0.2) is 9.97 Å². The molecule has 1 saturated carbocycles. The van der Waals surface area contributed by atoms with Crippen molar-refractivity contribution in [1.82, 2.24) is 19.7 Å². The summed E-state index contributed by atoms with van der Waals surface area (Å²) in [7, 11) is 1.88. The van der Waals surface area contributed by atoms with Crippen molar-refractivity contribution < 1.29 is 4.79 Å². The topological polar surface area (TPSA) is 98.7 Å². The van der Waals surface area contributed by atoms with Gasteiger partial charge in [-0.3, -0.25) is 9.48 Å². The number of aromatic nitrogens is 4. The molecule has 0 radical (unpaired) electrons. The Balaban J connectivity index is 1.40. The minimum atomic E-state index is -0.0447. The van der Waals surface area contributed by atoms with Crippen molar-refractivity contribution in [1.29, 1.82) is 0 Å². The quantitative estimate of drug-likeness (QED) is 0.547. The van der Waals surface area contributed by atoms with Crippen molar-refractivity contribution in [2.24, 2.45) is 13.0 Å². The molecule has 0 bridgehead atoms. The number of aryl methyl sites for hydroxylation is 2. The van der Waals surface area contributed by atoms with Crippen LogP contribution in [0.4, 0.5) is 11.6 Å². The molecule has 3 heterocycles. The van der Waals surface area contributed by atoms with Crippen molar-refractivity contribution in [3.8, 4) is 11.3 Å². The number of rotatable bonds is 4. The molecule has 7 nitrogen and oxygen atoms in total. The zero-order valence-corrected chi connectivity index (χ0v) is 16.8. The lowest BCUT2D eigenvalue weighted by Gasteiger charge is -2.10. The molecule has 2 atom stereocenters. The van der Waals surface area contributed by atoms with Gasteiger partial charge in [-0.15, -0.1) is 0 Å². The maximum absolute atomic E-state index is 12.7. The molecule has 0 aliphatic heterocycles. The fraction of sp³-hybridized carbons (Fsp3) is 0.217. The van der Waals surface area contributed by atoms with Crippen LogP contribution < -0.4 is 11.1 Å². The normalized spacial score (nSPS) is 17.8. The number of hydrogen-bond acceptors (Lipinski definition) is 5. The van der Waals surface area contributed by atoms with Gasteiger partial charge in [-0.2, -0.15) is 5.10 Å². The molecule has 1 aromatic carbocycles. The van der Waals surface area contributed by atoms with Crippen LogP contribution in [0.25, 0.3) is 22.0 Å². The van der Waals surface area contributed by atoms with Crippen LogP contribution >= 0.6 is 0 Å². The van der Waals surface area contributed by atoms with Crippen LogP contribution in [0.1, 0.15) is 23.5 Å². The molecule has 150 valence electrons. The van der Waals surface area contributed by atoms with E-state index in [-0.39, 0.29) is 17.7 Å². The first-order valence-corrected chi connectivity index (χ1v) is 9.91. The maximum atomic E-state index is 12.7. The zero-order chi connectivity index (χ0) is 20.8.